The molecule has 112 valence electrons. The van der Waals surface area contributed by atoms with Gasteiger partial charge in [0.1, 0.15) is 0 Å². The van der Waals surface area contributed by atoms with E-state index in [-0.39, 0.29) is 6.42 Å². The summed E-state index contributed by atoms with van der Waals surface area (Å²) in [5, 5.41) is 8.72. The van der Waals surface area contributed by atoms with Gasteiger partial charge in [0.25, 0.3) is 0 Å². The van der Waals surface area contributed by atoms with E-state index in [0.717, 1.165) is 0 Å². The predicted molar refractivity (Wildman–Crippen MR) is 62.2 cm³/mol. The molecule has 0 aliphatic rings. The Labute approximate surface area is 113 Å². The first-order valence-corrected chi connectivity index (χ1v) is 6.80. The van der Waals surface area contributed by atoms with Crippen molar-refractivity contribution >= 4 is 16.1 Å². The second-order valence-corrected chi connectivity index (χ2v) is 5.41. The highest BCUT2D eigenvalue weighted by Gasteiger charge is 2.49. The quantitative estimate of drug-likeness (QED) is 0.641. The van der Waals surface area contributed by atoms with Gasteiger partial charge in [-0.05, 0) is 18.4 Å². The molecule has 0 amide bonds. The van der Waals surface area contributed by atoms with Gasteiger partial charge in [0, 0.05) is 0 Å². The van der Waals surface area contributed by atoms with Gasteiger partial charge in [-0.3, -0.25) is 0 Å². The van der Waals surface area contributed by atoms with Crippen molar-refractivity contribution in [1.29, 1.82) is 0 Å². The van der Waals surface area contributed by atoms with Gasteiger partial charge >= 0.3 is 21.6 Å². The molecule has 0 spiro atoms. The Kier molecular flexibility index (Phi) is 5.12. The first-order chi connectivity index (χ1) is 9.13. The number of carboxylic acid groups (broad SMARTS) is 1. The van der Waals surface area contributed by atoms with Crippen LogP contribution < -0.4 is 0 Å². The highest BCUT2D eigenvalue weighted by molar-refractivity contribution is 7.87. The van der Waals surface area contributed by atoms with Crippen LogP contribution in [0.4, 0.5) is 13.2 Å². The van der Waals surface area contributed by atoms with Crippen LogP contribution in [0, 0.1) is 0 Å². The number of benzene rings is 1. The molecular weight excluding hydrogens is 301 g/mol. The number of aryl methyl sites for hydroxylation is 1. The molecule has 20 heavy (non-hydrogen) atoms. The van der Waals surface area contributed by atoms with Crippen LogP contribution in [0.15, 0.2) is 30.3 Å². The van der Waals surface area contributed by atoms with Crippen molar-refractivity contribution < 1.29 is 35.7 Å². The first kappa shape index (κ1) is 16.4. The summed E-state index contributed by atoms with van der Waals surface area (Å²) in [6.07, 6.45) is -2.40. The minimum absolute atomic E-state index is 0.0746. The molecule has 1 rings (SSSR count). The minimum Gasteiger partial charge on any atom is -0.479 e. The molecule has 5 nitrogen and oxygen atoms in total. The molecule has 0 aromatic heterocycles. The van der Waals surface area contributed by atoms with Crippen LogP contribution in [0.25, 0.3) is 0 Å². The lowest BCUT2D eigenvalue weighted by Crippen LogP contribution is -2.34. The normalized spacial score (nSPS) is 13.9. The number of alkyl halides is 3. The fraction of sp³-hybridized carbons (Fsp3) is 0.364. The largest absolute Gasteiger partial charge is 0.523 e. The fourth-order valence-electron chi connectivity index (χ4n) is 1.36. The molecule has 0 fully saturated rings. The molecule has 0 saturated carbocycles. The lowest BCUT2D eigenvalue weighted by atomic mass is 10.1. The number of rotatable bonds is 6. The Balaban J connectivity index is 2.74. The molecule has 1 atom stereocenters. The Morgan fingerprint density at radius 2 is 1.80 bits per heavy atom. The maximum absolute atomic E-state index is 12.1. The Morgan fingerprint density at radius 3 is 2.25 bits per heavy atom. The first-order valence-electron chi connectivity index (χ1n) is 5.40. The number of halogens is 3. The molecule has 1 unspecified atom stereocenters. The van der Waals surface area contributed by atoms with E-state index in [1.54, 1.807) is 30.3 Å². The summed E-state index contributed by atoms with van der Waals surface area (Å²) in [7, 11) is -5.93. The zero-order valence-corrected chi connectivity index (χ0v) is 10.8. The average molecular weight is 312 g/mol. The molecule has 0 radical (unpaired) electrons. The van der Waals surface area contributed by atoms with E-state index in [2.05, 4.69) is 4.18 Å². The summed E-state index contributed by atoms with van der Waals surface area (Å²) in [5.74, 6) is -1.77. The fourth-order valence-corrected chi connectivity index (χ4v) is 1.96. The van der Waals surface area contributed by atoms with E-state index in [4.69, 9.17) is 5.11 Å². The third-order valence-corrected chi connectivity index (χ3v) is 3.39. The van der Waals surface area contributed by atoms with Crippen LogP contribution in [0.3, 0.4) is 0 Å². The third kappa shape index (κ3) is 4.49. The highest BCUT2D eigenvalue weighted by Crippen LogP contribution is 2.26. The standard InChI is InChI=1S/C11H11F3O5S/c12-11(13,14)20(17,18)19-9(10(15)16)7-6-8-4-2-1-3-5-8/h1-5,9H,6-7H2,(H,15,16). The molecule has 0 aliphatic carbocycles. The monoisotopic (exact) mass is 312 g/mol. The minimum atomic E-state index is -5.93. The van der Waals surface area contributed by atoms with E-state index >= 15 is 0 Å². The van der Waals surface area contributed by atoms with Crippen molar-refractivity contribution in [2.24, 2.45) is 0 Å². The molecule has 0 heterocycles. The second-order valence-electron chi connectivity index (χ2n) is 3.85. The van der Waals surface area contributed by atoms with Crippen molar-refractivity contribution in [3.8, 4) is 0 Å². The summed E-state index contributed by atoms with van der Waals surface area (Å²) < 4.78 is 61.6. The summed E-state index contributed by atoms with van der Waals surface area (Å²) in [6.45, 7) is 0. The van der Waals surface area contributed by atoms with E-state index < -0.39 is 34.1 Å². The van der Waals surface area contributed by atoms with Crippen molar-refractivity contribution in [1.82, 2.24) is 0 Å². The lowest BCUT2D eigenvalue weighted by molar-refractivity contribution is -0.146. The summed E-state index contributed by atoms with van der Waals surface area (Å²) >= 11 is 0. The summed E-state index contributed by atoms with van der Waals surface area (Å²) in [6, 6.07) is 8.31. The van der Waals surface area contributed by atoms with Gasteiger partial charge in [-0.1, -0.05) is 30.3 Å². The van der Waals surface area contributed by atoms with Crippen LogP contribution in [-0.2, 0) is 25.5 Å². The maximum atomic E-state index is 12.1. The van der Waals surface area contributed by atoms with E-state index in [1.807, 2.05) is 0 Å². The second kappa shape index (κ2) is 6.23. The van der Waals surface area contributed by atoms with Crippen molar-refractivity contribution in [3.63, 3.8) is 0 Å². The SMILES string of the molecule is O=C(O)C(CCc1ccccc1)OS(=O)(=O)C(F)(F)F. The van der Waals surface area contributed by atoms with Crippen LogP contribution in [0.2, 0.25) is 0 Å². The highest BCUT2D eigenvalue weighted by atomic mass is 32.2. The van der Waals surface area contributed by atoms with Crippen LogP contribution in [0.1, 0.15) is 12.0 Å². The van der Waals surface area contributed by atoms with E-state index in [0.29, 0.717) is 5.56 Å². The number of hydrogen-bond donors (Lipinski definition) is 1. The molecule has 1 N–H and O–H groups in total. The molecule has 9 heteroatoms. The van der Waals surface area contributed by atoms with Crippen LogP contribution in [0.5, 0.6) is 0 Å². The lowest BCUT2D eigenvalue weighted by Gasteiger charge is -2.14. The number of carboxylic acids is 1. The zero-order chi connectivity index (χ0) is 15.4. The van der Waals surface area contributed by atoms with Crippen LogP contribution in [-0.4, -0.2) is 31.1 Å². The number of aliphatic carboxylic acids is 1. The summed E-state index contributed by atoms with van der Waals surface area (Å²) in [5.41, 5.74) is -4.99. The van der Waals surface area contributed by atoms with E-state index in [9.17, 15) is 26.4 Å². The molecule has 1 aromatic rings. The molecule has 0 saturated heterocycles. The number of carbonyl (C=O) groups is 1. The van der Waals surface area contributed by atoms with Crippen molar-refractivity contribution in [3.05, 3.63) is 35.9 Å². The smallest absolute Gasteiger partial charge is 0.479 e. The molecule has 1 aromatic carbocycles. The van der Waals surface area contributed by atoms with Crippen molar-refractivity contribution in [2.45, 2.75) is 24.5 Å². The molecule has 0 aliphatic heterocycles. The Hall–Kier alpha value is -1.61. The van der Waals surface area contributed by atoms with Gasteiger partial charge in [0.05, 0.1) is 0 Å². The van der Waals surface area contributed by atoms with Crippen LogP contribution >= 0.6 is 0 Å². The average Bonchev–Trinajstić information content (AvgIpc) is 2.34. The summed E-state index contributed by atoms with van der Waals surface area (Å²) in [4.78, 5) is 10.8. The number of hydrogen-bond acceptors (Lipinski definition) is 4. The van der Waals surface area contributed by atoms with Gasteiger partial charge < -0.3 is 5.11 Å². The van der Waals surface area contributed by atoms with E-state index in [1.165, 1.54) is 0 Å². The Morgan fingerprint density at radius 1 is 1.25 bits per heavy atom. The molecule has 0 bridgehead atoms. The van der Waals surface area contributed by atoms with Gasteiger partial charge in [-0.2, -0.15) is 21.6 Å². The van der Waals surface area contributed by atoms with Gasteiger partial charge in [0.2, 0.25) is 0 Å². The van der Waals surface area contributed by atoms with Gasteiger partial charge in [-0.25, -0.2) is 8.98 Å². The predicted octanol–water partition coefficient (Wildman–Crippen LogP) is 1.94. The maximum Gasteiger partial charge on any atom is 0.523 e. The van der Waals surface area contributed by atoms with Gasteiger partial charge in [-0.15, -0.1) is 0 Å². The van der Waals surface area contributed by atoms with Crippen molar-refractivity contribution in [2.75, 3.05) is 0 Å². The topological polar surface area (TPSA) is 80.7 Å². The zero-order valence-electron chi connectivity index (χ0n) is 10.0. The Bertz CT molecular complexity index is 553. The van der Waals surface area contributed by atoms with Gasteiger partial charge in [0.15, 0.2) is 6.10 Å². The molecular formula is C11H11F3O5S. The third-order valence-electron chi connectivity index (χ3n) is 2.34.